The third-order valence-electron chi connectivity index (χ3n) is 2.03. The first kappa shape index (κ1) is 13.6. The van der Waals surface area contributed by atoms with Crippen LogP contribution in [0.25, 0.3) is 0 Å². The molecule has 0 atom stereocenters. The number of hydrogen-bond acceptors (Lipinski definition) is 5. The molecule has 1 rings (SSSR count). The van der Waals surface area contributed by atoms with Gasteiger partial charge in [-0.1, -0.05) is 12.1 Å². The second-order valence-electron chi connectivity index (χ2n) is 3.22. The Hall–Kier alpha value is -1.51. The summed E-state index contributed by atoms with van der Waals surface area (Å²) in [5, 5.41) is -0.458. The van der Waals surface area contributed by atoms with Gasteiger partial charge >= 0.3 is 0 Å². The Morgan fingerprint density at radius 2 is 1.76 bits per heavy atom. The summed E-state index contributed by atoms with van der Waals surface area (Å²) in [7, 11) is -3.95. The number of Topliss-reactive ketones (excluding diaryl/α,β-unsaturated/α-hetero) is 1. The molecule has 0 unspecified atom stereocenters. The zero-order valence-electron chi connectivity index (χ0n) is 8.95. The van der Waals surface area contributed by atoms with E-state index in [4.69, 9.17) is 11.6 Å². The van der Waals surface area contributed by atoms with Crippen LogP contribution in [0.15, 0.2) is 29.2 Å². The lowest BCUT2D eigenvalue weighted by atomic mass is 10.2. The number of carbonyl (C=O) groups is 1. The summed E-state index contributed by atoms with van der Waals surface area (Å²) in [5.41, 5.74) is 5.54. The molecule has 17 heavy (non-hydrogen) atoms. The van der Waals surface area contributed by atoms with Gasteiger partial charge in [-0.05, 0) is 31.3 Å². The van der Waals surface area contributed by atoms with Crippen LogP contribution in [0.1, 0.15) is 17.3 Å². The molecule has 1 aromatic carbocycles. The first-order valence-corrected chi connectivity index (χ1v) is 6.32. The minimum Gasteiger partial charge on any atom is -0.374 e. The number of hydrazine groups is 1. The highest BCUT2D eigenvalue weighted by molar-refractivity contribution is 7.91. The Morgan fingerprint density at radius 3 is 2.12 bits per heavy atom. The molecule has 0 saturated carbocycles. The van der Waals surface area contributed by atoms with E-state index in [1.807, 2.05) is 0 Å². The highest BCUT2D eigenvalue weighted by atomic mass is 32.2. The first-order chi connectivity index (χ1) is 7.76. The third-order valence-corrected chi connectivity index (χ3v) is 3.93. The molecule has 0 aliphatic heterocycles. The predicted molar refractivity (Wildman–Crippen MR) is 66.4 cm³/mol. The van der Waals surface area contributed by atoms with Crippen LogP contribution in [0.5, 0.6) is 0 Å². The van der Waals surface area contributed by atoms with Crippen LogP contribution in [0.2, 0.25) is 0 Å². The standard InChI is InChI=1S/C9H11N3O3S2/c1-6(13)7-2-4-8(5-3-7)17(14,15)12(11)9(10)16/h2-5H,11H2,1H3,(H2,10,16). The number of rotatable bonds is 3. The van der Waals surface area contributed by atoms with Crippen LogP contribution >= 0.6 is 12.2 Å². The molecule has 0 heterocycles. The number of benzene rings is 1. The summed E-state index contributed by atoms with van der Waals surface area (Å²) < 4.78 is 23.9. The SMILES string of the molecule is CC(=O)c1ccc(S(=O)(=O)N(N)C(N)=S)cc1. The molecule has 0 aliphatic carbocycles. The van der Waals surface area contributed by atoms with Gasteiger partial charge in [0.25, 0.3) is 10.0 Å². The molecule has 0 bridgehead atoms. The van der Waals surface area contributed by atoms with Gasteiger partial charge in [-0.15, -0.1) is 0 Å². The topological polar surface area (TPSA) is 106 Å². The van der Waals surface area contributed by atoms with E-state index < -0.39 is 15.1 Å². The highest BCUT2D eigenvalue weighted by Gasteiger charge is 2.22. The minimum atomic E-state index is -3.95. The number of sulfonamides is 1. The van der Waals surface area contributed by atoms with Crippen molar-refractivity contribution in [3.8, 4) is 0 Å². The van der Waals surface area contributed by atoms with Crippen LogP contribution in [0, 0.1) is 0 Å². The molecule has 1 aromatic rings. The van der Waals surface area contributed by atoms with Crippen molar-refractivity contribution in [2.24, 2.45) is 11.6 Å². The van der Waals surface area contributed by atoms with Crippen LogP contribution in [-0.4, -0.2) is 23.7 Å². The molecular formula is C9H11N3O3S2. The molecule has 0 aliphatic rings. The smallest absolute Gasteiger partial charge is 0.279 e. The summed E-state index contributed by atoms with van der Waals surface area (Å²) >= 11 is 4.48. The molecule has 0 radical (unpaired) electrons. The van der Waals surface area contributed by atoms with Crippen molar-refractivity contribution in [3.05, 3.63) is 29.8 Å². The van der Waals surface area contributed by atoms with Crippen molar-refractivity contribution in [1.82, 2.24) is 4.41 Å². The summed E-state index contributed by atoms with van der Waals surface area (Å²) in [4.78, 5) is 10.9. The Bertz CT molecular complexity index is 551. The fourth-order valence-corrected chi connectivity index (χ4v) is 2.33. The number of hydrogen-bond donors (Lipinski definition) is 2. The van der Waals surface area contributed by atoms with Gasteiger partial charge < -0.3 is 5.73 Å². The van der Waals surface area contributed by atoms with Gasteiger partial charge in [-0.3, -0.25) is 4.79 Å². The van der Waals surface area contributed by atoms with Gasteiger partial charge in [0, 0.05) is 5.56 Å². The van der Waals surface area contributed by atoms with Crippen LogP contribution < -0.4 is 11.6 Å². The maximum atomic E-state index is 11.8. The monoisotopic (exact) mass is 273 g/mol. The summed E-state index contributed by atoms with van der Waals surface area (Å²) in [5.74, 6) is 5.08. The van der Waals surface area contributed by atoms with Crippen LogP contribution in [-0.2, 0) is 10.0 Å². The van der Waals surface area contributed by atoms with E-state index in [0.29, 0.717) is 9.98 Å². The number of nitrogens with zero attached hydrogens (tertiary/aromatic N) is 1. The normalized spacial score (nSPS) is 10.9. The van der Waals surface area contributed by atoms with Gasteiger partial charge in [0.2, 0.25) is 0 Å². The number of ketones is 1. The molecule has 92 valence electrons. The van der Waals surface area contributed by atoms with E-state index in [1.54, 1.807) is 0 Å². The van der Waals surface area contributed by atoms with E-state index in [2.05, 4.69) is 12.2 Å². The number of nitrogens with two attached hydrogens (primary N) is 2. The first-order valence-electron chi connectivity index (χ1n) is 4.47. The van der Waals surface area contributed by atoms with Gasteiger partial charge in [0.15, 0.2) is 10.9 Å². The van der Waals surface area contributed by atoms with Gasteiger partial charge in [-0.2, -0.15) is 12.8 Å². The van der Waals surface area contributed by atoms with Crippen molar-refractivity contribution in [2.75, 3.05) is 0 Å². The average molecular weight is 273 g/mol. The lowest BCUT2D eigenvalue weighted by Gasteiger charge is -2.16. The molecule has 0 aromatic heterocycles. The molecular weight excluding hydrogens is 262 g/mol. The molecule has 0 spiro atoms. The van der Waals surface area contributed by atoms with Crippen molar-refractivity contribution in [2.45, 2.75) is 11.8 Å². The minimum absolute atomic E-state index is 0.0854. The Kier molecular flexibility index (Phi) is 3.81. The van der Waals surface area contributed by atoms with Gasteiger partial charge in [0.1, 0.15) is 0 Å². The maximum Gasteiger partial charge on any atom is 0.279 e. The Morgan fingerprint density at radius 1 is 1.29 bits per heavy atom. The van der Waals surface area contributed by atoms with E-state index in [1.165, 1.54) is 31.2 Å². The van der Waals surface area contributed by atoms with Crippen molar-refractivity contribution in [3.63, 3.8) is 0 Å². The Labute approximate surface area is 104 Å². The molecule has 6 nitrogen and oxygen atoms in total. The Balaban J connectivity index is 3.17. The molecule has 8 heteroatoms. The number of carbonyl (C=O) groups excluding carboxylic acids is 1. The summed E-state index contributed by atoms with van der Waals surface area (Å²) in [6.45, 7) is 1.38. The third kappa shape index (κ3) is 2.78. The fourth-order valence-electron chi connectivity index (χ4n) is 1.09. The van der Waals surface area contributed by atoms with Gasteiger partial charge in [-0.25, -0.2) is 5.84 Å². The maximum absolute atomic E-state index is 11.8. The lowest BCUT2D eigenvalue weighted by molar-refractivity contribution is 0.101. The summed E-state index contributed by atoms with van der Waals surface area (Å²) in [6, 6.07) is 5.32. The lowest BCUT2D eigenvalue weighted by Crippen LogP contribution is -2.45. The molecule has 4 N–H and O–H groups in total. The highest BCUT2D eigenvalue weighted by Crippen LogP contribution is 2.14. The van der Waals surface area contributed by atoms with Crippen molar-refractivity contribution in [1.29, 1.82) is 0 Å². The molecule has 0 fully saturated rings. The van der Waals surface area contributed by atoms with E-state index in [9.17, 15) is 13.2 Å². The predicted octanol–water partition coefficient (Wildman–Crippen LogP) is -0.00280. The number of thiocarbonyl (C=S) groups is 1. The van der Waals surface area contributed by atoms with Crippen molar-refractivity contribution < 1.29 is 13.2 Å². The second-order valence-corrected chi connectivity index (χ2v) is 5.45. The van der Waals surface area contributed by atoms with Crippen LogP contribution in [0.4, 0.5) is 0 Å². The zero-order chi connectivity index (χ0) is 13.2. The van der Waals surface area contributed by atoms with E-state index in [-0.39, 0.29) is 10.7 Å². The van der Waals surface area contributed by atoms with Gasteiger partial charge in [0.05, 0.1) is 4.90 Å². The average Bonchev–Trinajstić information content (AvgIpc) is 2.27. The second kappa shape index (κ2) is 4.78. The quantitative estimate of drug-likeness (QED) is 0.347. The molecule has 0 saturated heterocycles. The van der Waals surface area contributed by atoms with Crippen LogP contribution in [0.3, 0.4) is 0 Å². The van der Waals surface area contributed by atoms with E-state index >= 15 is 0 Å². The summed E-state index contributed by atoms with van der Waals surface area (Å²) in [6.07, 6.45) is 0. The van der Waals surface area contributed by atoms with Crippen molar-refractivity contribution >= 4 is 33.1 Å². The largest absolute Gasteiger partial charge is 0.374 e. The molecule has 0 amide bonds. The fraction of sp³-hybridized carbons (Fsp3) is 0.111. The zero-order valence-corrected chi connectivity index (χ0v) is 10.6. The van der Waals surface area contributed by atoms with E-state index in [0.717, 1.165) is 0 Å².